The molecule has 1 saturated carbocycles. The van der Waals surface area contributed by atoms with E-state index in [-0.39, 0.29) is 11.3 Å². The first-order valence-electron chi connectivity index (χ1n) is 11.5. The fraction of sp³-hybridized carbons (Fsp3) is 0.360. The highest BCUT2D eigenvalue weighted by molar-refractivity contribution is 7.90. The van der Waals surface area contributed by atoms with Crippen molar-refractivity contribution in [2.24, 2.45) is 7.05 Å². The summed E-state index contributed by atoms with van der Waals surface area (Å²) in [5, 5.41) is 11.3. The molecule has 0 unspecified atom stereocenters. The lowest BCUT2D eigenvalue weighted by Crippen LogP contribution is -2.43. The fourth-order valence-corrected chi connectivity index (χ4v) is 6.73. The molecule has 4 aromatic rings. The van der Waals surface area contributed by atoms with E-state index in [1.54, 1.807) is 4.31 Å². The van der Waals surface area contributed by atoms with Crippen LogP contribution in [0.25, 0.3) is 32.8 Å². The number of hydrogen-bond donors (Lipinski definition) is 1. The van der Waals surface area contributed by atoms with E-state index in [0.29, 0.717) is 13.1 Å². The molecule has 6 rings (SSSR count). The monoisotopic (exact) mass is 461 g/mol. The third-order valence-corrected chi connectivity index (χ3v) is 9.36. The van der Waals surface area contributed by atoms with Gasteiger partial charge < -0.3 is 5.32 Å². The van der Waals surface area contributed by atoms with E-state index < -0.39 is 10.0 Å². The highest BCUT2D eigenvalue weighted by Crippen LogP contribution is 2.35. The molecule has 8 heteroatoms. The van der Waals surface area contributed by atoms with Crippen molar-refractivity contribution in [3.8, 4) is 11.1 Å². The second-order valence-corrected chi connectivity index (χ2v) is 11.4. The number of rotatable bonds is 5. The van der Waals surface area contributed by atoms with Crippen LogP contribution >= 0.6 is 0 Å². The molecule has 1 saturated heterocycles. The zero-order valence-electron chi connectivity index (χ0n) is 18.6. The number of aromatic nitrogens is 3. The Morgan fingerprint density at radius 3 is 2.55 bits per heavy atom. The van der Waals surface area contributed by atoms with Crippen LogP contribution in [0.4, 0.5) is 5.69 Å². The summed E-state index contributed by atoms with van der Waals surface area (Å²) in [6.45, 7) is 1.17. The molecule has 0 bridgehead atoms. The van der Waals surface area contributed by atoms with Gasteiger partial charge in [-0.1, -0.05) is 12.1 Å². The van der Waals surface area contributed by atoms with Gasteiger partial charge in [-0.15, -0.1) is 0 Å². The molecule has 0 amide bonds. The van der Waals surface area contributed by atoms with E-state index in [1.165, 1.54) is 0 Å². The van der Waals surface area contributed by atoms with Gasteiger partial charge in [0, 0.05) is 55.0 Å². The van der Waals surface area contributed by atoms with Crippen molar-refractivity contribution < 1.29 is 8.42 Å². The second kappa shape index (κ2) is 7.81. The normalized spacial score (nSPS) is 18.2. The Kier molecular flexibility index (Phi) is 4.88. The number of anilines is 1. The van der Waals surface area contributed by atoms with E-state index in [1.807, 2.05) is 36.4 Å². The second-order valence-electron chi connectivity index (χ2n) is 9.22. The van der Waals surface area contributed by atoms with Crippen LogP contribution in [-0.4, -0.2) is 51.9 Å². The number of hydrogen-bond acceptors (Lipinski definition) is 5. The molecular weight excluding hydrogens is 434 g/mol. The number of piperidine rings is 1. The minimum atomic E-state index is -3.09. The number of benzene rings is 2. The van der Waals surface area contributed by atoms with Crippen LogP contribution in [0, 0.1) is 0 Å². The number of pyridine rings is 1. The first-order valence-corrected chi connectivity index (χ1v) is 13.0. The summed E-state index contributed by atoms with van der Waals surface area (Å²) in [4.78, 5) is 4.35. The summed E-state index contributed by atoms with van der Waals surface area (Å²) in [5.41, 5.74) is 4.41. The van der Waals surface area contributed by atoms with Crippen molar-refractivity contribution in [3.05, 3.63) is 55.0 Å². The molecule has 2 aromatic carbocycles. The van der Waals surface area contributed by atoms with Crippen molar-refractivity contribution in [2.75, 3.05) is 18.4 Å². The van der Waals surface area contributed by atoms with Gasteiger partial charge in [-0.05, 0) is 66.5 Å². The van der Waals surface area contributed by atoms with E-state index >= 15 is 0 Å². The smallest absolute Gasteiger partial charge is 0.216 e. The van der Waals surface area contributed by atoms with Crippen molar-refractivity contribution in [1.29, 1.82) is 0 Å². The lowest BCUT2D eigenvalue weighted by atomic mass is 9.98. The number of aryl methyl sites for hydroxylation is 1. The molecule has 1 aliphatic heterocycles. The Balaban J connectivity index is 1.30. The zero-order chi connectivity index (χ0) is 22.6. The molecule has 7 nitrogen and oxygen atoms in total. The molecule has 2 aliphatic rings. The van der Waals surface area contributed by atoms with Crippen LogP contribution < -0.4 is 5.32 Å². The minimum absolute atomic E-state index is 0.134. The maximum absolute atomic E-state index is 12.6. The first kappa shape index (κ1) is 20.6. The highest BCUT2D eigenvalue weighted by atomic mass is 32.2. The van der Waals surface area contributed by atoms with E-state index in [0.717, 1.165) is 64.2 Å². The van der Waals surface area contributed by atoms with Crippen LogP contribution in [0.1, 0.15) is 25.7 Å². The summed E-state index contributed by atoms with van der Waals surface area (Å²) in [7, 11) is -1.13. The van der Waals surface area contributed by atoms with Crippen molar-refractivity contribution in [3.63, 3.8) is 0 Å². The number of sulfonamides is 1. The third kappa shape index (κ3) is 3.77. The molecule has 1 aliphatic carbocycles. The van der Waals surface area contributed by atoms with Crippen molar-refractivity contribution >= 4 is 37.4 Å². The van der Waals surface area contributed by atoms with Crippen LogP contribution in [0.15, 0.2) is 55.0 Å². The summed E-state index contributed by atoms with van der Waals surface area (Å²) in [6, 6.07) is 13.1. The lowest BCUT2D eigenvalue weighted by Gasteiger charge is -2.32. The fourth-order valence-electron chi connectivity index (χ4n) is 4.86. The average molecular weight is 462 g/mol. The van der Waals surface area contributed by atoms with Gasteiger partial charge in [0.05, 0.1) is 17.0 Å². The lowest BCUT2D eigenvalue weighted by molar-refractivity contribution is 0.329. The van der Waals surface area contributed by atoms with E-state index in [4.69, 9.17) is 0 Å². The molecule has 170 valence electrons. The van der Waals surface area contributed by atoms with Crippen LogP contribution in [0.5, 0.6) is 0 Å². The topological polar surface area (TPSA) is 80.1 Å². The standard InChI is InChI=1S/C25H27N5O2S/c1-29-25-14-17(2-3-19(25)15-27-29)20-12-18-6-9-26-16-23(18)24(13-20)28-21-7-10-30(11-8-21)33(31,32)22-4-5-22/h2-3,6,9,12-16,21-22,28H,4-5,7-8,10-11H2,1H3. The van der Waals surface area contributed by atoms with Gasteiger partial charge in [-0.3, -0.25) is 9.67 Å². The molecule has 33 heavy (non-hydrogen) atoms. The molecule has 2 fully saturated rings. The summed E-state index contributed by atoms with van der Waals surface area (Å²) in [5.74, 6) is 0. The van der Waals surface area contributed by atoms with Gasteiger partial charge in [-0.25, -0.2) is 12.7 Å². The average Bonchev–Trinajstić information content (AvgIpc) is 3.64. The highest BCUT2D eigenvalue weighted by Gasteiger charge is 2.41. The summed E-state index contributed by atoms with van der Waals surface area (Å²) >= 11 is 0. The Labute approximate surface area is 193 Å². The Morgan fingerprint density at radius 2 is 1.76 bits per heavy atom. The minimum Gasteiger partial charge on any atom is -0.382 e. The molecule has 1 N–H and O–H groups in total. The van der Waals surface area contributed by atoms with Crippen LogP contribution in [0.2, 0.25) is 0 Å². The van der Waals surface area contributed by atoms with Crippen molar-refractivity contribution in [1.82, 2.24) is 19.1 Å². The van der Waals surface area contributed by atoms with Crippen molar-refractivity contribution in [2.45, 2.75) is 37.0 Å². The Morgan fingerprint density at radius 1 is 0.939 bits per heavy atom. The zero-order valence-corrected chi connectivity index (χ0v) is 19.4. The van der Waals surface area contributed by atoms with Gasteiger partial charge in [0.15, 0.2) is 0 Å². The van der Waals surface area contributed by atoms with Crippen LogP contribution in [-0.2, 0) is 17.1 Å². The molecular formula is C25H27N5O2S. The molecule has 0 atom stereocenters. The first-order chi connectivity index (χ1) is 16.0. The number of fused-ring (bicyclic) bond motifs is 2. The molecule has 3 heterocycles. The van der Waals surface area contributed by atoms with Crippen LogP contribution in [0.3, 0.4) is 0 Å². The van der Waals surface area contributed by atoms with E-state index in [9.17, 15) is 8.42 Å². The van der Waals surface area contributed by atoms with Gasteiger partial charge in [0.25, 0.3) is 0 Å². The summed E-state index contributed by atoms with van der Waals surface area (Å²) in [6.07, 6.45) is 8.85. The number of nitrogens with one attached hydrogen (secondary N) is 1. The van der Waals surface area contributed by atoms with Gasteiger partial charge >= 0.3 is 0 Å². The number of nitrogens with zero attached hydrogens (tertiary/aromatic N) is 4. The summed E-state index contributed by atoms with van der Waals surface area (Å²) < 4.78 is 28.7. The molecule has 0 spiro atoms. The van der Waals surface area contributed by atoms with Gasteiger partial charge in [0.1, 0.15) is 0 Å². The third-order valence-electron chi connectivity index (χ3n) is 6.96. The van der Waals surface area contributed by atoms with Gasteiger partial charge in [-0.2, -0.15) is 5.10 Å². The Bertz CT molecular complexity index is 1450. The maximum atomic E-state index is 12.6. The predicted octanol–water partition coefficient (Wildman–Crippen LogP) is 4.16. The molecule has 0 radical (unpaired) electrons. The quantitative estimate of drug-likeness (QED) is 0.483. The SMILES string of the molecule is Cn1ncc2ccc(-c3cc(NC4CCN(S(=O)(=O)C5CC5)CC4)c4cnccc4c3)cc21. The predicted molar refractivity (Wildman–Crippen MR) is 132 cm³/mol. The largest absolute Gasteiger partial charge is 0.382 e. The van der Waals surface area contributed by atoms with E-state index in [2.05, 4.69) is 45.7 Å². The molecule has 2 aromatic heterocycles. The Hall–Kier alpha value is -2.97. The maximum Gasteiger partial charge on any atom is 0.216 e. The van der Waals surface area contributed by atoms with Gasteiger partial charge in [0.2, 0.25) is 10.0 Å².